The number of ether oxygens (including phenoxy) is 1. The lowest BCUT2D eigenvalue weighted by Gasteiger charge is -2.43. The molecule has 7 nitrogen and oxygen atoms in total. The summed E-state index contributed by atoms with van der Waals surface area (Å²) in [4.78, 5) is 10.9. The van der Waals surface area contributed by atoms with E-state index in [0.717, 1.165) is 4.31 Å². The van der Waals surface area contributed by atoms with Gasteiger partial charge < -0.3 is 10.5 Å². The van der Waals surface area contributed by atoms with Crippen molar-refractivity contribution < 1.29 is 17.9 Å². The molecule has 0 atom stereocenters. The van der Waals surface area contributed by atoms with E-state index in [1.54, 1.807) is 18.6 Å². The Morgan fingerprint density at radius 2 is 2.13 bits per heavy atom. The Balaban J connectivity index is 2.51. The normalized spacial score (nSPS) is 20.5. The summed E-state index contributed by atoms with van der Waals surface area (Å²) in [5.74, 6) is 0. The fourth-order valence-corrected chi connectivity index (χ4v) is 2.59. The van der Waals surface area contributed by atoms with E-state index in [2.05, 4.69) is 4.74 Å². The van der Waals surface area contributed by atoms with Gasteiger partial charge in [0.15, 0.2) is 0 Å². The van der Waals surface area contributed by atoms with Crippen molar-refractivity contribution in [1.82, 2.24) is 9.03 Å². The zero-order chi connectivity index (χ0) is 11.7. The van der Waals surface area contributed by atoms with Crippen LogP contribution in [0, 0.1) is 0 Å². The molecule has 0 spiro atoms. The molecular formula is C7H15N3O4S. The zero-order valence-corrected chi connectivity index (χ0v) is 9.50. The van der Waals surface area contributed by atoms with Crippen molar-refractivity contribution in [2.75, 3.05) is 19.7 Å². The van der Waals surface area contributed by atoms with Gasteiger partial charge in [-0.25, -0.2) is 9.52 Å². The van der Waals surface area contributed by atoms with E-state index >= 15 is 0 Å². The number of hydrogen-bond donors (Lipinski definition) is 2. The van der Waals surface area contributed by atoms with Crippen LogP contribution in [0.2, 0.25) is 0 Å². The highest BCUT2D eigenvalue weighted by atomic mass is 32.2. The number of nitrogens with zero attached hydrogens (tertiary/aromatic N) is 1. The number of hydrogen-bond acceptors (Lipinski definition) is 5. The quantitative estimate of drug-likeness (QED) is 0.656. The van der Waals surface area contributed by atoms with E-state index in [-0.39, 0.29) is 19.7 Å². The van der Waals surface area contributed by atoms with Crippen LogP contribution in [0.25, 0.3) is 0 Å². The summed E-state index contributed by atoms with van der Waals surface area (Å²) in [6, 6.07) is 0. The van der Waals surface area contributed by atoms with Crippen molar-refractivity contribution in [3.8, 4) is 0 Å². The molecule has 0 aromatic heterocycles. The van der Waals surface area contributed by atoms with E-state index in [1.165, 1.54) is 0 Å². The lowest BCUT2D eigenvalue weighted by Crippen LogP contribution is -2.68. The van der Waals surface area contributed by atoms with Gasteiger partial charge in [-0.15, -0.1) is 0 Å². The van der Waals surface area contributed by atoms with Crippen LogP contribution in [-0.4, -0.2) is 44.1 Å². The molecular weight excluding hydrogens is 222 g/mol. The Hall–Kier alpha value is -0.860. The molecule has 1 rings (SSSR count). The minimum absolute atomic E-state index is 0.121. The minimum atomic E-state index is -3.79. The van der Waals surface area contributed by atoms with Crippen molar-refractivity contribution in [3.63, 3.8) is 0 Å². The van der Waals surface area contributed by atoms with E-state index in [4.69, 9.17) is 5.73 Å². The topological polar surface area (TPSA) is 102 Å². The molecule has 0 radical (unpaired) electrons. The Bertz CT molecular complexity index is 343. The van der Waals surface area contributed by atoms with E-state index in [1.807, 2.05) is 0 Å². The monoisotopic (exact) mass is 237 g/mol. The van der Waals surface area contributed by atoms with Gasteiger partial charge in [-0.05, 0) is 13.8 Å². The smallest absolute Gasteiger partial charge is 0.421 e. The first-order valence-corrected chi connectivity index (χ1v) is 5.94. The van der Waals surface area contributed by atoms with Crippen LogP contribution in [-0.2, 0) is 14.9 Å². The van der Waals surface area contributed by atoms with Gasteiger partial charge in [0.2, 0.25) is 0 Å². The van der Waals surface area contributed by atoms with Crippen molar-refractivity contribution in [3.05, 3.63) is 0 Å². The first kappa shape index (κ1) is 12.2. The van der Waals surface area contributed by atoms with Gasteiger partial charge in [0.1, 0.15) is 0 Å². The van der Waals surface area contributed by atoms with E-state index in [9.17, 15) is 13.2 Å². The summed E-state index contributed by atoms with van der Waals surface area (Å²) in [6.45, 7) is 3.84. The van der Waals surface area contributed by atoms with Crippen LogP contribution in [0.15, 0.2) is 0 Å². The summed E-state index contributed by atoms with van der Waals surface area (Å²) >= 11 is 0. The molecule has 0 bridgehead atoms. The Morgan fingerprint density at radius 1 is 1.60 bits per heavy atom. The predicted octanol–water partition coefficient (Wildman–Crippen LogP) is -0.990. The fourth-order valence-electron chi connectivity index (χ4n) is 1.26. The molecule has 1 aliphatic heterocycles. The maximum absolute atomic E-state index is 11.4. The third kappa shape index (κ3) is 3.05. The molecule has 1 heterocycles. The molecule has 1 amide bonds. The first-order chi connectivity index (χ1) is 6.77. The van der Waals surface area contributed by atoms with Crippen LogP contribution in [0.3, 0.4) is 0 Å². The largest absolute Gasteiger partial charge is 0.449 e. The van der Waals surface area contributed by atoms with Gasteiger partial charge in [0.25, 0.3) is 0 Å². The van der Waals surface area contributed by atoms with Crippen molar-refractivity contribution in [2.24, 2.45) is 5.73 Å². The van der Waals surface area contributed by atoms with Gasteiger partial charge in [-0.1, -0.05) is 0 Å². The molecule has 0 unspecified atom stereocenters. The average Bonchev–Trinajstić information content (AvgIpc) is 1.99. The van der Waals surface area contributed by atoms with Crippen LogP contribution >= 0.6 is 0 Å². The fraction of sp³-hybridized carbons (Fsp3) is 0.857. The molecule has 1 saturated heterocycles. The second-order valence-electron chi connectivity index (χ2n) is 3.75. The van der Waals surface area contributed by atoms with Crippen molar-refractivity contribution in [1.29, 1.82) is 0 Å². The molecule has 88 valence electrons. The highest BCUT2D eigenvalue weighted by Gasteiger charge is 2.42. The minimum Gasteiger partial charge on any atom is -0.449 e. The molecule has 1 fully saturated rings. The standard InChI is InChI=1S/C7H15N3O4S/c1-3-14-6(11)9-15(12,13)10-4-7(2,8)5-10/h3-5,8H2,1-2H3,(H,9,11). The van der Waals surface area contributed by atoms with Crippen molar-refractivity contribution in [2.45, 2.75) is 19.4 Å². The SMILES string of the molecule is CCOC(=O)NS(=O)(=O)N1CC(C)(N)C1. The lowest BCUT2D eigenvalue weighted by atomic mass is 9.97. The summed E-state index contributed by atoms with van der Waals surface area (Å²) in [5.41, 5.74) is 5.14. The number of carbonyl (C=O) groups is 1. The Morgan fingerprint density at radius 3 is 2.53 bits per heavy atom. The molecule has 0 aliphatic carbocycles. The van der Waals surface area contributed by atoms with Gasteiger partial charge >= 0.3 is 16.3 Å². The number of nitrogens with two attached hydrogens (primary N) is 1. The first-order valence-electron chi connectivity index (χ1n) is 4.50. The molecule has 0 aromatic carbocycles. The molecule has 0 saturated carbocycles. The van der Waals surface area contributed by atoms with Crippen molar-refractivity contribution >= 4 is 16.3 Å². The molecule has 15 heavy (non-hydrogen) atoms. The van der Waals surface area contributed by atoms with Crippen LogP contribution in [0.4, 0.5) is 4.79 Å². The summed E-state index contributed by atoms with van der Waals surface area (Å²) in [5, 5.41) is 0. The van der Waals surface area contributed by atoms with E-state index in [0.29, 0.717) is 0 Å². The summed E-state index contributed by atoms with van der Waals surface area (Å²) in [6.07, 6.45) is -0.969. The van der Waals surface area contributed by atoms with Gasteiger partial charge in [-0.3, -0.25) is 0 Å². The maximum Gasteiger partial charge on any atom is 0.421 e. The zero-order valence-electron chi connectivity index (χ0n) is 8.69. The molecule has 0 aromatic rings. The second kappa shape index (κ2) is 3.95. The number of nitrogens with one attached hydrogen (secondary N) is 1. The average molecular weight is 237 g/mol. The third-order valence-corrected chi connectivity index (χ3v) is 3.27. The second-order valence-corrected chi connectivity index (χ2v) is 5.42. The van der Waals surface area contributed by atoms with Gasteiger partial charge in [0, 0.05) is 18.6 Å². The van der Waals surface area contributed by atoms with Crippen LogP contribution < -0.4 is 10.5 Å². The molecule has 8 heteroatoms. The Kier molecular flexibility index (Phi) is 3.22. The highest BCUT2D eigenvalue weighted by Crippen LogP contribution is 2.19. The van der Waals surface area contributed by atoms with Crippen LogP contribution in [0.1, 0.15) is 13.8 Å². The summed E-state index contributed by atoms with van der Waals surface area (Å²) in [7, 11) is -3.79. The van der Waals surface area contributed by atoms with Gasteiger partial charge in [0.05, 0.1) is 6.61 Å². The van der Waals surface area contributed by atoms with Crippen LogP contribution in [0.5, 0.6) is 0 Å². The third-order valence-electron chi connectivity index (χ3n) is 1.90. The highest BCUT2D eigenvalue weighted by molar-refractivity contribution is 7.87. The van der Waals surface area contributed by atoms with Gasteiger partial charge in [-0.2, -0.15) is 12.7 Å². The number of carbonyl (C=O) groups excluding carboxylic acids is 1. The van der Waals surface area contributed by atoms with E-state index < -0.39 is 21.8 Å². The Labute approximate surface area is 88.7 Å². The molecule has 1 aliphatic rings. The molecule has 3 N–H and O–H groups in total. The predicted molar refractivity (Wildman–Crippen MR) is 53.2 cm³/mol. The summed E-state index contributed by atoms with van der Waals surface area (Å²) < 4.78 is 30.2. The lowest BCUT2D eigenvalue weighted by molar-refractivity contribution is 0.151. The number of rotatable bonds is 3. The number of amides is 1. The maximum atomic E-state index is 11.4.